The van der Waals surface area contributed by atoms with Crippen molar-refractivity contribution < 1.29 is 4.79 Å². The van der Waals surface area contributed by atoms with Gasteiger partial charge in [0.15, 0.2) is 5.96 Å². The Hall–Kier alpha value is -1.26. The van der Waals surface area contributed by atoms with E-state index in [-0.39, 0.29) is 5.91 Å². The summed E-state index contributed by atoms with van der Waals surface area (Å²) in [6.07, 6.45) is 4.11. The third-order valence-electron chi connectivity index (χ3n) is 3.40. The number of piperidine rings is 1. The Morgan fingerprint density at radius 3 is 2.39 bits per heavy atom. The minimum absolute atomic E-state index is 0.162. The first kappa shape index (κ1) is 14.8. The van der Waals surface area contributed by atoms with Crippen LogP contribution in [0.15, 0.2) is 4.99 Å². The molecule has 0 aromatic rings. The second kappa shape index (κ2) is 7.95. The van der Waals surface area contributed by atoms with Gasteiger partial charge in [-0.3, -0.25) is 9.79 Å². The Kier molecular flexibility index (Phi) is 6.54. The van der Waals surface area contributed by atoms with Gasteiger partial charge in [-0.05, 0) is 33.1 Å². The van der Waals surface area contributed by atoms with Crippen LogP contribution in [0.4, 0.5) is 0 Å². The maximum absolute atomic E-state index is 11.8. The van der Waals surface area contributed by atoms with E-state index < -0.39 is 0 Å². The van der Waals surface area contributed by atoms with E-state index >= 15 is 0 Å². The van der Waals surface area contributed by atoms with Crippen molar-refractivity contribution in [2.24, 2.45) is 10.7 Å². The summed E-state index contributed by atoms with van der Waals surface area (Å²) in [4.78, 5) is 20.0. The minimum atomic E-state index is 0.162. The number of carbonyl (C=O) groups excluding carboxylic acids is 1. The van der Waals surface area contributed by atoms with Crippen molar-refractivity contribution in [3.63, 3.8) is 0 Å². The minimum Gasteiger partial charge on any atom is -0.370 e. The molecule has 0 aliphatic carbocycles. The average molecular weight is 254 g/mol. The van der Waals surface area contributed by atoms with Crippen molar-refractivity contribution in [2.75, 3.05) is 32.7 Å². The number of rotatable bonds is 5. The molecule has 1 rings (SSSR count). The lowest BCUT2D eigenvalue weighted by Crippen LogP contribution is -2.41. The van der Waals surface area contributed by atoms with Crippen LogP contribution in [-0.4, -0.2) is 54.4 Å². The zero-order valence-electron chi connectivity index (χ0n) is 11.7. The summed E-state index contributed by atoms with van der Waals surface area (Å²) in [6.45, 7) is 8.01. The van der Waals surface area contributed by atoms with E-state index in [4.69, 9.17) is 5.73 Å². The summed E-state index contributed by atoms with van der Waals surface area (Å²) in [6, 6.07) is 0. The number of nitrogens with two attached hydrogens (primary N) is 1. The van der Waals surface area contributed by atoms with E-state index in [1.165, 1.54) is 19.3 Å². The van der Waals surface area contributed by atoms with E-state index in [0.29, 0.717) is 18.9 Å². The van der Waals surface area contributed by atoms with Crippen LogP contribution in [0.1, 0.15) is 39.5 Å². The fraction of sp³-hybridized carbons (Fsp3) is 0.846. The van der Waals surface area contributed by atoms with Crippen LogP contribution >= 0.6 is 0 Å². The highest BCUT2D eigenvalue weighted by Gasteiger charge is 2.12. The maximum Gasteiger partial charge on any atom is 0.224 e. The fourth-order valence-corrected chi connectivity index (χ4v) is 2.22. The van der Waals surface area contributed by atoms with Crippen molar-refractivity contribution in [1.29, 1.82) is 0 Å². The second-order valence-corrected chi connectivity index (χ2v) is 4.60. The van der Waals surface area contributed by atoms with Gasteiger partial charge in [0.2, 0.25) is 5.91 Å². The third kappa shape index (κ3) is 4.55. The van der Waals surface area contributed by atoms with Crippen molar-refractivity contribution >= 4 is 11.9 Å². The van der Waals surface area contributed by atoms with Gasteiger partial charge in [0, 0.05) is 32.6 Å². The molecular formula is C13H26N4O. The van der Waals surface area contributed by atoms with E-state index in [9.17, 15) is 4.79 Å². The number of hydrogen-bond acceptors (Lipinski definition) is 2. The molecule has 1 fully saturated rings. The predicted molar refractivity (Wildman–Crippen MR) is 74.5 cm³/mol. The summed E-state index contributed by atoms with van der Waals surface area (Å²) in [7, 11) is 0. The first-order valence-corrected chi connectivity index (χ1v) is 7.01. The Morgan fingerprint density at radius 1 is 1.22 bits per heavy atom. The first-order chi connectivity index (χ1) is 8.69. The van der Waals surface area contributed by atoms with Gasteiger partial charge in [0.1, 0.15) is 0 Å². The van der Waals surface area contributed by atoms with Gasteiger partial charge in [-0.25, -0.2) is 0 Å². The molecule has 1 saturated heterocycles. The molecule has 0 radical (unpaired) electrons. The predicted octanol–water partition coefficient (Wildman–Crippen LogP) is 1.05. The standard InChI is InChI=1S/C13H26N4O/c1-3-16(4-2)12(18)8-9-15-13(14)17-10-6-5-7-11-17/h3-11H2,1-2H3,(H2,14,15). The number of guanidine groups is 1. The number of aliphatic imine (C=N–C) groups is 1. The summed E-state index contributed by atoms with van der Waals surface area (Å²) in [5.41, 5.74) is 5.93. The Labute approximate surface area is 110 Å². The quantitative estimate of drug-likeness (QED) is 0.589. The van der Waals surface area contributed by atoms with Gasteiger partial charge in [-0.1, -0.05) is 0 Å². The van der Waals surface area contributed by atoms with Crippen LogP contribution in [0.25, 0.3) is 0 Å². The molecule has 5 heteroatoms. The molecule has 5 nitrogen and oxygen atoms in total. The van der Waals surface area contributed by atoms with Gasteiger partial charge in [0.05, 0.1) is 6.54 Å². The molecule has 1 aliphatic heterocycles. The fourth-order valence-electron chi connectivity index (χ4n) is 2.22. The van der Waals surface area contributed by atoms with Crippen molar-refractivity contribution in [3.8, 4) is 0 Å². The maximum atomic E-state index is 11.8. The normalized spacial score (nSPS) is 16.8. The molecule has 2 N–H and O–H groups in total. The molecule has 0 atom stereocenters. The van der Waals surface area contributed by atoms with Gasteiger partial charge in [-0.2, -0.15) is 0 Å². The van der Waals surface area contributed by atoms with Crippen LogP contribution in [0.2, 0.25) is 0 Å². The molecule has 0 spiro atoms. The monoisotopic (exact) mass is 254 g/mol. The zero-order valence-corrected chi connectivity index (χ0v) is 11.7. The van der Waals surface area contributed by atoms with E-state index in [2.05, 4.69) is 9.89 Å². The Balaban J connectivity index is 2.32. The van der Waals surface area contributed by atoms with E-state index in [1.807, 2.05) is 18.7 Å². The number of nitrogens with zero attached hydrogens (tertiary/aromatic N) is 3. The Bertz CT molecular complexity index is 281. The molecule has 0 aromatic heterocycles. The van der Waals surface area contributed by atoms with E-state index in [0.717, 1.165) is 26.2 Å². The van der Waals surface area contributed by atoms with Crippen LogP contribution in [0.5, 0.6) is 0 Å². The topological polar surface area (TPSA) is 61.9 Å². The second-order valence-electron chi connectivity index (χ2n) is 4.60. The molecule has 1 amide bonds. The molecule has 0 saturated carbocycles. The smallest absolute Gasteiger partial charge is 0.224 e. The molecule has 0 aromatic carbocycles. The van der Waals surface area contributed by atoms with E-state index in [1.54, 1.807) is 0 Å². The molecule has 1 heterocycles. The van der Waals surface area contributed by atoms with Crippen molar-refractivity contribution in [1.82, 2.24) is 9.80 Å². The van der Waals surface area contributed by atoms with Gasteiger partial charge < -0.3 is 15.5 Å². The van der Waals surface area contributed by atoms with Gasteiger partial charge >= 0.3 is 0 Å². The highest BCUT2D eigenvalue weighted by molar-refractivity contribution is 5.79. The molecule has 18 heavy (non-hydrogen) atoms. The molecule has 1 aliphatic rings. The Morgan fingerprint density at radius 2 is 1.83 bits per heavy atom. The summed E-state index contributed by atoms with van der Waals surface area (Å²) >= 11 is 0. The summed E-state index contributed by atoms with van der Waals surface area (Å²) in [5, 5.41) is 0. The van der Waals surface area contributed by atoms with Crippen molar-refractivity contribution in [2.45, 2.75) is 39.5 Å². The highest BCUT2D eigenvalue weighted by atomic mass is 16.2. The lowest BCUT2D eigenvalue weighted by Gasteiger charge is -2.27. The number of likely N-dealkylation sites (tertiary alicyclic amines) is 1. The third-order valence-corrected chi connectivity index (χ3v) is 3.40. The molecule has 104 valence electrons. The van der Waals surface area contributed by atoms with Gasteiger partial charge in [-0.15, -0.1) is 0 Å². The number of hydrogen-bond donors (Lipinski definition) is 1. The molecule has 0 bridgehead atoms. The highest BCUT2D eigenvalue weighted by Crippen LogP contribution is 2.07. The van der Waals surface area contributed by atoms with Crippen LogP contribution < -0.4 is 5.73 Å². The van der Waals surface area contributed by atoms with Crippen LogP contribution in [0.3, 0.4) is 0 Å². The van der Waals surface area contributed by atoms with Crippen molar-refractivity contribution in [3.05, 3.63) is 0 Å². The van der Waals surface area contributed by atoms with Crippen LogP contribution in [0, 0.1) is 0 Å². The number of amides is 1. The molecular weight excluding hydrogens is 228 g/mol. The lowest BCUT2D eigenvalue weighted by molar-refractivity contribution is -0.130. The average Bonchev–Trinajstić information content (AvgIpc) is 2.41. The summed E-state index contributed by atoms with van der Waals surface area (Å²) in [5.74, 6) is 0.761. The lowest BCUT2D eigenvalue weighted by atomic mass is 10.1. The SMILES string of the molecule is CCN(CC)C(=O)CCN=C(N)N1CCCCC1. The number of carbonyl (C=O) groups is 1. The summed E-state index contributed by atoms with van der Waals surface area (Å²) < 4.78 is 0. The van der Waals surface area contributed by atoms with Gasteiger partial charge in [0.25, 0.3) is 0 Å². The molecule has 0 unspecified atom stereocenters. The zero-order chi connectivity index (χ0) is 13.4. The first-order valence-electron chi connectivity index (χ1n) is 7.01. The largest absolute Gasteiger partial charge is 0.370 e. The van der Waals surface area contributed by atoms with Crippen LogP contribution in [-0.2, 0) is 4.79 Å².